The van der Waals surface area contributed by atoms with Crippen LogP contribution in [0.4, 0.5) is 0 Å². The van der Waals surface area contributed by atoms with Crippen LogP contribution >= 0.6 is 0 Å². The Morgan fingerprint density at radius 1 is 1.12 bits per heavy atom. The van der Waals surface area contributed by atoms with Gasteiger partial charge < -0.3 is 14.4 Å². The molecule has 0 aromatic heterocycles. The number of hydrogen-bond donors (Lipinski definition) is 0. The molecule has 0 aliphatic carbocycles. The van der Waals surface area contributed by atoms with Crippen molar-refractivity contribution in [3.63, 3.8) is 0 Å². The largest absolute Gasteiger partial charge is 0.493 e. The Morgan fingerprint density at radius 3 is 2.54 bits per heavy atom. The van der Waals surface area contributed by atoms with Crippen LogP contribution in [0.2, 0.25) is 0 Å². The first kappa shape index (κ1) is 18.3. The predicted molar refractivity (Wildman–Crippen MR) is 103 cm³/mol. The van der Waals surface area contributed by atoms with E-state index in [1.165, 1.54) is 5.56 Å². The van der Waals surface area contributed by atoms with E-state index in [2.05, 4.69) is 19.1 Å². The quantitative estimate of drug-likeness (QED) is 0.764. The molecule has 138 valence electrons. The maximum Gasteiger partial charge on any atom is 0.223 e. The zero-order valence-corrected chi connectivity index (χ0v) is 15.8. The fourth-order valence-corrected chi connectivity index (χ4v) is 3.75. The molecule has 2 unspecified atom stereocenters. The van der Waals surface area contributed by atoms with E-state index in [0.717, 1.165) is 24.9 Å². The summed E-state index contributed by atoms with van der Waals surface area (Å²) in [4.78, 5) is 15.0. The van der Waals surface area contributed by atoms with Crippen LogP contribution in [0.15, 0.2) is 48.5 Å². The highest BCUT2D eigenvalue weighted by atomic mass is 16.5. The molecule has 0 N–H and O–H groups in total. The van der Waals surface area contributed by atoms with Crippen molar-refractivity contribution < 1.29 is 14.3 Å². The van der Waals surface area contributed by atoms with Crippen LogP contribution < -0.4 is 9.47 Å². The van der Waals surface area contributed by atoms with Gasteiger partial charge in [-0.1, -0.05) is 43.3 Å². The molecule has 26 heavy (non-hydrogen) atoms. The third-order valence-corrected chi connectivity index (χ3v) is 5.21. The number of carbonyl (C=O) groups excluding carboxylic acids is 1. The fraction of sp³-hybridized carbons (Fsp3) is 0.409. The predicted octanol–water partition coefficient (Wildman–Crippen LogP) is 4.56. The number of ether oxygens (including phenoxy) is 2. The summed E-state index contributed by atoms with van der Waals surface area (Å²) in [5, 5.41) is 0. The van der Waals surface area contributed by atoms with Crippen molar-refractivity contribution in [2.45, 2.75) is 38.1 Å². The average Bonchev–Trinajstić information content (AvgIpc) is 3.18. The van der Waals surface area contributed by atoms with Crippen LogP contribution in [-0.4, -0.2) is 31.6 Å². The van der Waals surface area contributed by atoms with Crippen LogP contribution in [0.25, 0.3) is 0 Å². The second kappa shape index (κ2) is 8.26. The van der Waals surface area contributed by atoms with Crippen LogP contribution in [0.1, 0.15) is 49.3 Å². The third kappa shape index (κ3) is 3.85. The number of likely N-dealkylation sites (tertiary alicyclic amines) is 1. The maximum absolute atomic E-state index is 13.0. The monoisotopic (exact) mass is 353 g/mol. The SMILES string of the molecule is COc1ccc(C2CCCN2C(=O)CC(C)c2ccccc2)cc1OC. The number of hydrogen-bond acceptors (Lipinski definition) is 3. The Balaban J connectivity index is 1.74. The molecule has 1 fully saturated rings. The van der Waals surface area contributed by atoms with E-state index in [1.54, 1.807) is 14.2 Å². The van der Waals surface area contributed by atoms with E-state index in [-0.39, 0.29) is 17.9 Å². The first-order valence-electron chi connectivity index (χ1n) is 9.20. The van der Waals surface area contributed by atoms with E-state index in [1.807, 2.05) is 41.3 Å². The van der Waals surface area contributed by atoms with Crippen molar-refractivity contribution in [3.05, 3.63) is 59.7 Å². The van der Waals surface area contributed by atoms with Gasteiger partial charge >= 0.3 is 0 Å². The van der Waals surface area contributed by atoms with Crippen molar-refractivity contribution in [2.24, 2.45) is 0 Å². The molecule has 4 nitrogen and oxygen atoms in total. The summed E-state index contributed by atoms with van der Waals surface area (Å²) in [6.45, 7) is 2.94. The van der Waals surface area contributed by atoms with Gasteiger partial charge in [0.2, 0.25) is 5.91 Å². The van der Waals surface area contributed by atoms with E-state index < -0.39 is 0 Å². The highest BCUT2D eigenvalue weighted by Crippen LogP contribution is 2.37. The van der Waals surface area contributed by atoms with Gasteiger partial charge in [0.1, 0.15) is 0 Å². The number of nitrogens with zero attached hydrogens (tertiary/aromatic N) is 1. The van der Waals surface area contributed by atoms with Crippen molar-refractivity contribution >= 4 is 5.91 Å². The van der Waals surface area contributed by atoms with Gasteiger partial charge in [-0.05, 0) is 42.0 Å². The van der Waals surface area contributed by atoms with E-state index in [0.29, 0.717) is 17.9 Å². The number of carbonyl (C=O) groups is 1. The van der Waals surface area contributed by atoms with Crippen LogP contribution in [0.3, 0.4) is 0 Å². The fourth-order valence-electron chi connectivity index (χ4n) is 3.75. The Bertz CT molecular complexity index is 744. The lowest BCUT2D eigenvalue weighted by atomic mass is 9.96. The molecule has 1 heterocycles. The summed E-state index contributed by atoms with van der Waals surface area (Å²) < 4.78 is 10.8. The second-order valence-corrected chi connectivity index (χ2v) is 6.88. The van der Waals surface area contributed by atoms with Gasteiger partial charge in [-0.25, -0.2) is 0 Å². The normalized spacial score (nSPS) is 17.8. The van der Waals surface area contributed by atoms with Crippen LogP contribution in [0.5, 0.6) is 11.5 Å². The molecule has 2 aromatic rings. The molecule has 0 saturated carbocycles. The summed E-state index contributed by atoms with van der Waals surface area (Å²) in [5.41, 5.74) is 2.32. The topological polar surface area (TPSA) is 38.8 Å². The molecule has 1 aliphatic rings. The summed E-state index contributed by atoms with van der Waals surface area (Å²) in [5.74, 6) is 1.86. The summed E-state index contributed by atoms with van der Waals surface area (Å²) in [7, 11) is 3.27. The zero-order valence-electron chi connectivity index (χ0n) is 15.8. The minimum absolute atomic E-state index is 0.116. The van der Waals surface area contributed by atoms with Gasteiger partial charge in [0.15, 0.2) is 11.5 Å². The van der Waals surface area contributed by atoms with Gasteiger partial charge in [-0.3, -0.25) is 4.79 Å². The van der Waals surface area contributed by atoms with E-state index in [4.69, 9.17) is 9.47 Å². The molecule has 4 heteroatoms. The molecular formula is C22H27NO3. The number of methoxy groups -OCH3 is 2. The minimum Gasteiger partial charge on any atom is -0.493 e. The molecule has 0 bridgehead atoms. The standard InChI is InChI=1S/C22H27NO3/c1-16(17-8-5-4-6-9-17)14-22(24)23-13-7-10-19(23)18-11-12-20(25-2)21(15-18)26-3/h4-6,8-9,11-12,15-16,19H,7,10,13-14H2,1-3H3. The first-order chi connectivity index (χ1) is 12.6. The van der Waals surface area contributed by atoms with Crippen LogP contribution in [0, 0.1) is 0 Å². The molecular weight excluding hydrogens is 326 g/mol. The third-order valence-electron chi connectivity index (χ3n) is 5.21. The molecule has 1 amide bonds. The minimum atomic E-state index is 0.116. The summed E-state index contributed by atoms with van der Waals surface area (Å²) in [6.07, 6.45) is 2.55. The second-order valence-electron chi connectivity index (χ2n) is 6.88. The first-order valence-corrected chi connectivity index (χ1v) is 9.20. The molecule has 0 radical (unpaired) electrons. The zero-order chi connectivity index (χ0) is 18.5. The lowest BCUT2D eigenvalue weighted by Crippen LogP contribution is -2.31. The average molecular weight is 353 g/mol. The van der Waals surface area contributed by atoms with Gasteiger partial charge in [-0.15, -0.1) is 0 Å². The lowest BCUT2D eigenvalue weighted by Gasteiger charge is -2.27. The lowest BCUT2D eigenvalue weighted by molar-refractivity contribution is -0.132. The molecule has 3 rings (SSSR count). The van der Waals surface area contributed by atoms with Crippen molar-refractivity contribution in [1.82, 2.24) is 4.90 Å². The molecule has 2 aromatic carbocycles. The van der Waals surface area contributed by atoms with Gasteiger partial charge in [0.05, 0.1) is 20.3 Å². The summed E-state index contributed by atoms with van der Waals surface area (Å²) >= 11 is 0. The van der Waals surface area contributed by atoms with Crippen molar-refractivity contribution in [2.75, 3.05) is 20.8 Å². The van der Waals surface area contributed by atoms with Gasteiger partial charge in [-0.2, -0.15) is 0 Å². The molecule has 0 spiro atoms. The van der Waals surface area contributed by atoms with Crippen LogP contribution in [-0.2, 0) is 4.79 Å². The Labute approximate surface area is 155 Å². The molecule has 1 saturated heterocycles. The van der Waals surface area contributed by atoms with Gasteiger partial charge in [0.25, 0.3) is 0 Å². The number of rotatable bonds is 6. The summed E-state index contributed by atoms with van der Waals surface area (Å²) in [6, 6.07) is 16.3. The Hall–Kier alpha value is -2.49. The van der Waals surface area contributed by atoms with Crippen molar-refractivity contribution in [1.29, 1.82) is 0 Å². The highest BCUT2D eigenvalue weighted by molar-refractivity contribution is 5.78. The number of amides is 1. The number of benzene rings is 2. The molecule has 2 atom stereocenters. The Kier molecular flexibility index (Phi) is 5.82. The smallest absolute Gasteiger partial charge is 0.223 e. The maximum atomic E-state index is 13.0. The highest BCUT2D eigenvalue weighted by Gasteiger charge is 2.31. The van der Waals surface area contributed by atoms with E-state index in [9.17, 15) is 4.79 Å². The Morgan fingerprint density at radius 2 is 1.85 bits per heavy atom. The van der Waals surface area contributed by atoms with Gasteiger partial charge in [0, 0.05) is 13.0 Å². The molecule has 1 aliphatic heterocycles. The van der Waals surface area contributed by atoms with E-state index >= 15 is 0 Å². The van der Waals surface area contributed by atoms with Crippen molar-refractivity contribution in [3.8, 4) is 11.5 Å².